The fourth-order valence-corrected chi connectivity index (χ4v) is 4.21. The molecule has 8 nitrogen and oxygen atoms in total. The van der Waals surface area contributed by atoms with E-state index in [1.54, 1.807) is 0 Å². The molecule has 2 aromatic rings. The van der Waals surface area contributed by atoms with Crippen LogP contribution in [0.15, 0.2) is 29.1 Å². The van der Waals surface area contributed by atoms with Crippen molar-refractivity contribution in [1.82, 2.24) is 19.5 Å². The van der Waals surface area contributed by atoms with Crippen LogP contribution in [0.2, 0.25) is 5.02 Å². The van der Waals surface area contributed by atoms with Crippen molar-refractivity contribution >= 4 is 27.3 Å². The molecule has 1 aliphatic rings. The lowest BCUT2D eigenvalue weighted by molar-refractivity contribution is 0.384. The van der Waals surface area contributed by atoms with E-state index in [1.165, 1.54) is 4.31 Å². The average Bonchev–Trinajstić information content (AvgIpc) is 3.00. The van der Waals surface area contributed by atoms with Crippen LogP contribution in [0.25, 0.3) is 0 Å². The Morgan fingerprint density at radius 1 is 1.12 bits per heavy atom. The molecular weight excluding hydrogens is 354 g/mol. The van der Waals surface area contributed by atoms with Crippen LogP contribution in [-0.2, 0) is 16.4 Å². The number of benzene rings is 1. The molecule has 0 radical (unpaired) electrons. The molecule has 0 atom stereocenters. The van der Waals surface area contributed by atoms with Gasteiger partial charge in [0, 0.05) is 43.3 Å². The number of sulfonamides is 1. The summed E-state index contributed by atoms with van der Waals surface area (Å²) in [6.45, 7) is 2.12. The summed E-state index contributed by atoms with van der Waals surface area (Å²) < 4.78 is 26.3. The Balaban J connectivity index is 1.56. The van der Waals surface area contributed by atoms with E-state index < -0.39 is 15.7 Å². The van der Waals surface area contributed by atoms with Crippen LogP contribution in [0.3, 0.4) is 0 Å². The highest BCUT2D eigenvalue weighted by atomic mass is 35.5. The fraction of sp³-hybridized carbons (Fsp3) is 0.429. The lowest BCUT2D eigenvalue weighted by atomic mass is 10.2. The number of aryl methyl sites for hydroxylation is 1. The van der Waals surface area contributed by atoms with E-state index in [9.17, 15) is 13.2 Å². The van der Waals surface area contributed by atoms with Crippen LogP contribution >= 0.6 is 11.6 Å². The van der Waals surface area contributed by atoms with Gasteiger partial charge in [0.25, 0.3) is 0 Å². The Bertz CT molecular complexity index is 838. The Labute approximate surface area is 144 Å². The van der Waals surface area contributed by atoms with Gasteiger partial charge in [0.2, 0.25) is 10.0 Å². The van der Waals surface area contributed by atoms with Crippen LogP contribution in [-0.4, -0.2) is 59.8 Å². The standard InChI is InChI=1S/C14H18ClN5O3S/c15-11-1-3-12(4-2-11)19-6-8-20(9-7-19)24(22,23)10-5-13-16-14(21)18-17-13/h1-4H,5-10H2,(H2,16,17,18,21). The highest BCUT2D eigenvalue weighted by molar-refractivity contribution is 7.89. The predicted octanol–water partition coefficient (Wildman–Crippen LogP) is 0.446. The number of rotatable bonds is 5. The number of halogens is 1. The molecule has 1 fully saturated rings. The predicted molar refractivity (Wildman–Crippen MR) is 91.9 cm³/mol. The molecule has 0 saturated carbocycles. The van der Waals surface area contributed by atoms with Crippen LogP contribution < -0.4 is 10.6 Å². The molecule has 130 valence electrons. The van der Waals surface area contributed by atoms with Crippen LogP contribution in [0.4, 0.5) is 5.69 Å². The van der Waals surface area contributed by atoms with Crippen molar-refractivity contribution in [3.05, 3.63) is 45.6 Å². The van der Waals surface area contributed by atoms with Crippen molar-refractivity contribution in [1.29, 1.82) is 0 Å². The summed E-state index contributed by atoms with van der Waals surface area (Å²) in [6.07, 6.45) is 0.179. The molecule has 1 aromatic heterocycles. The SMILES string of the molecule is O=c1[nH]nc(CCS(=O)(=O)N2CCN(c3ccc(Cl)cc3)CC2)[nH]1. The molecular formula is C14H18ClN5O3S. The Hall–Kier alpha value is -1.84. The van der Waals surface area contributed by atoms with Crippen LogP contribution in [0.1, 0.15) is 5.82 Å². The quantitative estimate of drug-likeness (QED) is 0.794. The highest BCUT2D eigenvalue weighted by Gasteiger charge is 2.27. The Morgan fingerprint density at radius 2 is 1.79 bits per heavy atom. The second kappa shape index (κ2) is 6.96. The zero-order valence-corrected chi connectivity index (χ0v) is 14.5. The molecule has 0 unspecified atom stereocenters. The van der Waals surface area contributed by atoms with Gasteiger partial charge < -0.3 is 4.90 Å². The molecule has 24 heavy (non-hydrogen) atoms. The number of anilines is 1. The minimum absolute atomic E-state index is 0.0747. The van der Waals surface area contributed by atoms with E-state index in [-0.39, 0.29) is 12.2 Å². The number of piperazine rings is 1. The second-order valence-electron chi connectivity index (χ2n) is 5.55. The zero-order valence-electron chi connectivity index (χ0n) is 12.9. The maximum Gasteiger partial charge on any atom is 0.340 e. The van der Waals surface area contributed by atoms with E-state index >= 15 is 0 Å². The topological polar surface area (TPSA) is 102 Å². The van der Waals surface area contributed by atoms with Crippen molar-refractivity contribution in [2.75, 3.05) is 36.8 Å². The maximum absolute atomic E-state index is 12.4. The molecule has 0 spiro atoms. The van der Waals surface area contributed by atoms with Gasteiger partial charge in [-0.05, 0) is 24.3 Å². The van der Waals surface area contributed by atoms with Crippen molar-refractivity contribution in [3.63, 3.8) is 0 Å². The van der Waals surface area contributed by atoms with Gasteiger partial charge >= 0.3 is 5.69 Å². The maximum atomic E-state index is 12.4. The highest BCUT2D eigenvalue weighted by Crippen LogP contribution is 2.20. The van der Waals surface area contributed by atoms with Crippen LogP contribution in [0.5, 0.6) is 0 Å². The first kappa shape index (κ1) is 17.0. The summed E-state index contributed by atoms with van der Waals surface area (Å²) in [6, 6.07) is 7.51. The number of aromatic nitrogens is 3. The average molecular weight is 372 g/mol. The van der Waals surface area contributed by atoms with E-state index in [0.717, 1.165) is 5.69 Å². The molecule has 1 aliphatic heterocycles. The summed E-state index contributed by atoms with van der Waals surface area (Å²) in [7, 11) is -3.37. The zero-order chi connectivity index (χ0) is 17.2. The summed E-state index contributed by atoms with van der Waals surface area (Å²) in [5.74, 6) is 0.276. The van der Waals surface area contributed by atoms with E-state index in [4.69, 9.17) is 11.6 Å². The normalized spacial score (nSPS) is 16.5. The van der Waals surface area contributed by atoms with Gasteiger partial charge in [-0.3, -0.25) is 4.98 Å². The molecule has 2 N–H and O–H groups in total. The fourth-order valence-electron chi connectivity index (χ4n) is 2.65. The number of hydrogen-bond acceptors (Lipinski definition) is 5. The molecule has 2 heterocycles. The number of H-pyrrole nitrogens is 2. The summed E-state index contributed by atoms with van der Waals surface area (Å²) in [5.41, 5.74) is 0.601. The lowest BCUT2D eigenvalue weighted by Gasteiger charge is -2.35. The molecule has 10 heteroatoms. The van der Waals surface area contributed by atoms with E-state index in [1.807, 2.05) is 24.3 Å². The van der Waals surface area contributed by atoms with Crippen molar-refractivity contribution in [3.8, 4) is 0 Å². The largest absolute Gasteiger partial charge is 0.369 e. The molecule has 0 amide bonds. The van der Waals surface area contributed by atoms with Crippen molar-refractivity contribution in [2.45, 2.75) is 6.42 Å². The third-order valence-corrected chi connectivity index (χ3v) is 6.09. The van der Waals surface area contributed by atoms with Crippen molar-refractivity contribution < 1.29 is 8.42 Å². The summed E-state index contributed by atoms with van der Waals surface area (Å²) in [5, 5.41) is 6.63. The summed E-state index contributed by atoms with van der Waals surface area (Å²) in [4.78, 5) is 15.6. The van der Waals surface area contributed by atoms with Gasteiger partial charge in [0.05, 0.1) is 5.75 Å². The third kappa shape index (κ3) is 3.97. The van der Waals surface area contributed by atoms with Crippen molar-refractivity contribution in [2.24, 2.45) is 0 Å². The molecule has 0 bridgehead atoms. The van der Waals surface area contributed by atoms with Gasteiger partial charge in [-0.1, -0.05) is 11.6 Å². The minimum Gasteiger partial charge on any atom is -0.369 e. The smallest absolute Gasteiger partial charge is 0.340 e. The third-order valence-electron chi connectivity index (χ3n) is 3.97. The van der Waals surface area contributed by atoms with Gasteiger partial charge in [0.15, 0.2) is 0 Å². The lowest BCUT2D eigenvalue weighted by Crippen LogP contribution is -2.49. The second-order valence-corrected chi connectivity index (χ2v) is 8.08. The number of nitrogens with zero attached hydrogens (tertiary/aromatic N) is 3. The van der Waals surface area contributed by atoms with Gasteiger partial charge in [0.1, 0.15) is 5.82 Å². The first-order valence-corrected chi connectivity index (χ1v) is 9.55. The van der Waals surface area contributed by atoms with Gasteiger partial charge in [-0.15, -0.1) is 0 Å². The van der Waals surface area contributed by atoms with E-state index in [2.05, 4.69) is 20.1 Å². The number of nitrogens with one attached hydrogen (secondary N) is 2. The molecule has 3 rings (SSSR count). The Kier molecular flexibility index (Phi) is 4.93. The molecule has 1 saturated heterocycles. The van der Waals surface area contributed by atoms with Gasteiger partial charge in [-0.2, -0.15) is 9.40 Å². The molecule has 0 aliphatic carbocycles. The van der Waals surface area contributed by atoms with Crippen LogP contribution in [0, 0.1) is 0 Å². The van der Waals surface area contributed by atoms with E-state index in [0.29, 0.717) is 37.0 Å². The molecule has 1 aromatic carbocycles. The van der Waals surface area contributed by atoms with Gasteiger partial charge in [-0.25, -0.2) is 18.3 Å². The number of hydrogen-bond donors (Lipinski definition) is 2. The first-order valence-electron chi connectivity index (χ1n) is 7.56. The summed E-state index contributed by atoms with van der Waals surface area (Å²) >= 11 is 5.88. The number of aromatic amines is 2. The first-order chi connectivity index (χ1) is 11.4. The Morgan fingerprint density at radius 3 is 2.38 bits per heavy atom. The minimum atomic E-state index is -3.37. The monoisotopic (exact) mass is 371 g/mol.